The molecule has 0 spiro atoms. The van der Waals surface area contributed by atoms with Crippen LogP contribution in [0.25, 0.3) is 11.3 Å². The Balaban J connectivity index is 1.54. The van der Waals surface area contributed by atoms with E-state index < -0.39 is 0 Å². The first-order chi connectivity index (χ1) is 13.6. The first-order valence-electron chi connectivity index (χ1n) is 9.34. The molecule has 2 heterocycles. The second-order valence-corrected chi connectivity index (χ2v) is 6.89. The van der Waals surface area contributed by atoms with E-state index in [4.69, 9.17) is 5.73 Å². The van der Waals surface area contributed by atoms with Gasteiger partial charge in [-0.3, -0.25) is 14.6 Å². The van der Waals surface area contributed by atoms with Crippen molar-refractivity contribution in [1.29, 1.82) is 5.26 Å². The topological polar surface area (TPSA) is 112 Å². The Bertz CT molecular complexity index is 888. The summed E-state index contributed by atoms with van der Waals surface area (Å²) in [6, 6.07) is 12.6. The van der Waals surface area contributed by atoms with Crippen molar-refractivity contribution < 1.29 is 9.59 Å². The summed E-state index contributed by atoms with van der Waals surface area (Å²) in [7, 11) is 0. The fraction of sp³-hybridized carbons (Fsp3) is 0.333. The highest BCUT2D eigenvalue weighted by molar-refractivity contribution is 5.94. The standard InChI is InChI=1S/C21H23N5O2/c22-13-17-3-1-9-24-19(17)15-5-7-16(8-6-15)21(28)25-10-12-26-11-2-4-18(14-26)20(23)27/h1,3,5-9,18H,2,4,10-12,14H2,(H2,23,27)(H,25,28)/t18-/m1/s1. The van der Waals surface area contributed by atoms with Crippen LogP contribution in [0.3, 0.4) is 0 Å². The Labute approximate surface area is 164 Å². The monoisotopic (exact) mass is 377 g/mol. The van der Waals surface area contributed by atoms with Crippen LogP contribution in [0, 0.1) is 17.2 Å². The molecule has 1 saturated heterocycles. The number of aromatic nitrogens is 1. The van der Waals surface area contributed by atoms with Gasteiger partial charge in [0.25, 0.3) is 5.91 Å². The number of nitrogens with one attached hydrogen (secondary N) is 1. The van der Waals surface area contributed by atoms with Crippen molar-refractivity contribution in [3.63, 3.8) is 0 Å². The number of hydrogen-bond acceptors (Lipinski definition) is 5. The lowest BCUT2D eigenvalue weighted by atomic mass is 9.97. The third kappa shape index (κ3) is 4.72. The number of nitrogens with zero attached hydrogens (tertiary/aromatic N) is 3. The second kappa shape index (κ2) is 9.11. The van der Waals surface area contributed by atoms with Gasteiger partial charge in [-0.25, -0.2) is 0 Å². The Hall–Kier alpha value is -3.24. The van der Waals surface area contributed by atoms with Gasteiger partial charge in [0.2, 0.25) is 5.91 Å². The Morgan fingerprint density at radius 1 is 1.29 bits per heavy atom. The Kier molecular flexibility index (Phi) is 6.35. The van der Waals surface area contributed by atoms with Gasteiger partial charge in [-0.1, -0.05) is 12.1 Å². The minimum absolute atomic E-state index is 0.0955. The third-order valence-corrected chi connectivity index (χ3v) is 4.97. The summed E-state index contributed by atoms with van der Waals surface area (Å²) in [4.78, 5) is 30.1. The molecule has 3 rings (SSSR count). The van der Waals surface area contributed by atoms with Crippen molar-refractivity contribution in [2.45, 2.75) is 12.8 Å². The van der Waals surface area contributed by atoms with E-state index in [1.54, 1.807) is 42.6 Å². The summed E-state index contributed by atoms with van der Waals surface area (Å²) in [6.45, 7) is 2.77. The summed E-state index contributed by atoms with van der Waals surface area (Å²) in [6.07, 6.45) is 3.43. The largest absolute Gasteiger partial charge is 0.369 e. The summed E-state index contributed by atoms with van der Waals surface area (Å²) >= 11 is 0. The number of primary amides is 1. The van der Waals surface area contributed by atoms with Gasteiger partial charge in [0.1, 0.15) is 6.07 Å². The molecule has 1 atom stereocenters. The van der Waals surface area contributed by atoms with Crippen LogP contribution in [-0.2, 0) is 4.79 Å². The van der Waals surface area contributed by atoms with Gasteiger partial charge in [-0.2, -0.15) is 5.26 Å². The molecule has 0 saturated carbocycles. The molecule has 0 bridgehead atoms. The van der Waals surface area contributed by atoms with Gasteiger partial charge >= 0.3 is 0 Å². The number of benzene rings is 1. The molecule has 1 fully saturated rings. The van der Waals surface area contributed by atoms with Crippen LogP contribution < -0.4 is 11.1 Å². The highest BCUT2D eigenvalue weighted by atomic mass is 16.2. The summed E-state index contributed by atoms with van der Waals surface area (Å²) < 4.78 is 0. The highest BCUT2D eigenvalue weighted by Gasteiger charge is 2.23. The van der Waals surface area contributed by atoms with E-state index in [-0.39, 0.29) is 17.7 Å². The van der Waals surface area contributed by atoms with Gasteiger partial charge in [0, 0.05) is 37.0 Å². The van der Waals surface area contributed by atoms with Gasteiger partial charge < -0.3 is 16.0 Å². The first kappa shape index (κ1) is 19.5. The molecular weight excluding hydrogens is 354 g/mol. The van der Waals surface area contributed by atoms with Crippen molar-refractivity contribution in [1.82, 2.24) is 15.2 Å². The third-order valence-electron chi connectivity index (χ3n) is 4.97. The zero-order valence-electron chi connectivity index (χ0n) is 15.6. The molecule has 0 unspecified atom stereocenters. The average Bonchev–Trinajstić information content (AvgIpc) is 2.74. The number of nitriles is 1. The molecule has 0 radical (unpaired) electrons. The molecular formula is C21H23N5O2. The maximum absolute atomic E-state index is 12.4. The lowest BCUT2D eigenvalue weighted by molar-refractivity contribution is -0.123. The predicted octanol–water partition coefficient (Wildman–Crippen LogP) is 1.55. The molecule has 0 aliphatic carbocycles. The number of carbonyl (C=O) groups excluding carboxylic acids is 2. The molecule has 2 aromatic rings. The van der Waals surface area contributed by atoms with Crippen molar-refractivity contribution >= 4 is 11.8 Å². The lowest BCUT2D eigenvalue weighted by Crippen LogP contribution is -2.44. The quantitative estimate of drug-likeness (QED) is 0.793. The maximum Gasteiger partial charge on any atom is 0.251 e. The van der Waals surface area contributed by atoms with E-state index in [1.807, 2.05) is 0 Å². The van der Waals surface area contributed by atoms with Crippen molar-refractivity contribution in [3.05, 3.63) is 53.7 Å². The fourth-order valence-electron chi connectivity index (χ4n) is 3.43. The number of amides is 2. The summed E-state index contributed by atoms with van der Waals surface area (Å²) in [5, 5.41) is 12.1. The van der Waals surface area contributed by atoms with Gasteiger partial charge in [0.05, 0.1) is 17.2 Å². The molecule has 1 aromatic carbocycles. The van der Waals surface area contributed by atoms with Crippen LogP contribution in [0.1, 0.15) is 28.8 Å². The number of pyridine rings is 1. The van der Waals surface area contributed by atoms with Crippen LogP contribution in [-0.4, -0.2) is 47.9 Å². The summed E-state index contributed by atoms with van der Waals surface area (Å²) in [5.74, 6) is -0.500. The smallest absolute Gasteiger partial charge is 0.251 e. The number of rotatable bonds is 6. The predicted molar refractivity (Wildman–Crippen MR) is 105 cm³/mol. The van der Waals surface area contributed by atoms with Gasteiger partial charge in [-0.05, 0) is 43.7 Å². The molecule has 28 heavy (non-hydrogen) atoms. The van der Waals surface area contributed by atoms with Crippen LogP contribution in [0.4, 0.5) is 0 Å². The van der Waals surface area contributed by atoms with Gasteiger partial charge in [0.15, 0.2) is 0 Å². The van der Waals surface area contributed by atoms with Crippen molar-refractivity contribution in [2.75, 3.05) is 26.2 Å². The van der Waals surface area contributed by atoms with E-state index >= 15 is 0 Å². The van der Waals surface area contributed by atoms with Crippen LogP contribution >= 0.6 is 0 Å². The highest BCUT2D eigenvalue weighted by Crippen LogP contribution is 2.21. The molecule has 3 N–H and O–H groups in total. The minimum Gasteiger partial charge on any atom is -0.369 e. The van der Waals surface area contributed by atoms with Crippen LogP contribution in [0.15, 0.2) is 42.6 Å². The molecule has 2 amide bonds. The van der Waals surface area contributed by atoms with Crippen molar-refractivity contribution in [2.24, 2.45) is 11.7 Å². The zero-order valence-corrected chi connectivity index (χ0v) is 15.6. The van der Waals surface area contributed by atoms with E-state index in [2.05, 4.69) is 21.3 Å². The van der Waals surface area contributed by atoms with Crippen LogP contribution in [0.5, 0.6) is 0 Å². The molecule has 144 valence electrons. The normalized spacial score (nSPS) is 16.9. The number of likely N-dealkylation sites (tertiary alicyclic amines) is 1. The van der Waals surface area contributed by atoms with E-state index in [1.165, 1.54) is 0 Å². The van der Waals surface area contributed by atoms with Gasteiger partial charge in [-0.15, -0.1) is 0 Å². The molecule has 1 aliphatic heterocycles. The fourth-order valence-corrected chi connectivity index (χ4v) is 3.43. The van der Waals surface area contributed by atoms with E-state index in [0.717, 1.165) is 24.9 Å². The SMILES string of the molecule is N#Cc1cccnc1-c1ccc(C(=O)NCCN2CCC[C@@H](C(N)=O)C2)cc1. The van der Waals surface area contributed by atoms with E-state index in [9.17, 15) is 14.9 Å². The van der Waals surface area contributed by atoms with Crippen LogP contribution in [0.2, 0.25) is 0 Å². The lowest BCUT2D eigenvalue weighted by Gasteiger charge is -2.31. The average molecular weight is 377 g/mol. The number of piperidine rings is 1. The Morgan fingerprint density at radius 3 is 2.79 bits per heavy atom. The summed E-state index contributed by atoms with van der Waals surface area (Å²) in [5.41, 5.74) is 7.84. The van der Waals surface area contributed by atoms with E-state index in [0.29, 0.717) is 36.5 Å². The number of nitrogens with two attached hydrogens (primary N) is 1. The Morgan fingerprint density at radius 2 is 2.07 bits per heavy atom. The maximum atomic E-state index is 12.4. The number of hydrogen-bond donors (Lipinski definition) is 2. The van der Waals surface area contributed by atoms with Crippen molar-refractivity contribution in [3.8, 4) is 17.3 Å². The molecule has 1 aliphatic rings. The second-order valence-electron chi connectivity index (χ2n) is 6.89. The first-order valence-corrected chi connectivity index (χ1v) is 9.34. The number of carbonyl (C=O) groups is 2. The zero-order chi connectivity index (χ0) is 19.9. The minimum atomic E-state index is -0.249. The molecule has 1 aromatic heterocycles. The molecule has 7 nitrogen and oxygen atoms in total. The molecule has 7 heteroatoms.